The molecule has 0 saturated carbocycles. The predicted octanol–water partition coefficient (Wildman–Crippen LogP) is 0.832. The van der Waals surface area contributed by atoms with E-state index in [0.717, 1.165) is 24.3 Å². The second-order valence-corrected chi connectivity index (χ2v) is 10.0. The van der Waals surface area contributed by atoms with Crippen molar-refractivity contribution in [3.8, 4) is 0 Å². The summed E-state index contributed by atoms with van der Waals surface area (Å²) >= 11 is 1.52. The molecule has 4 atom stereocenters. The first kappa shape index (κ1) is 25.2. The molecule has 1 aromatic rings. The molecular weight excluding hydrogens is 444 g/mol. The number of thiophene rings is 1. The van der Waals surface area contributed by atoms with Crippen LogP contribution < -0.4 is 16.0 Å². The van der Waals surface area contributed by atoms with Crippen molar-refractivity contribution >= 4 is 35.0 Å². The number of likely N-dealkylation sites (tertiary alicyclic amines) is 1. The highest BCUT2D eigenvalue weighted by molar-refractivity contribution is 7.10. The number of rotatable bonds is 8. The number of hydrogen-bond donors (Lipinski definition) is 3. The summed E-state index contributed by atoms with van der Waals surface area (Å²) in [6.07, 6.45) is 2.81. The Bertz CT molecular complexity index is 838. The van der Waals surface area contributed by atoms with Gasteiger partial charge >= 0.3 is 5.97 Å². The average molecular weight is 479 g/mol. The van der Waals surface area contributed by atoms with Crippen LogP contribution in [0.5, 0.6) is 0 Å². The third-order valence-corrected chi connectivity index (χ3v) is 7.12. The van der Waals surface area contributed by atoms with Crippen molar-refractivity contribution in [3.63, 3.8) is 0 Å². The van der Waals surface area contributed by atoms with Crippen LogP contribution in [0.1, 0.15) is 44.4 Å². The summed E-state index contributed by atoms with van der Waals surface area (Å²) in [6.45, 7) is 4.79. The molecule has 182 valence electrons. The molecule has 2 fully saturated rings. The van der Waals surface area contributed by atoms with Gasteiger partial charge in [0.1, 0.15) is 12.1 Å². The normalized spacial score (nSPS) is 23.8. The van der Waals surface area contributed by atoms with Crippen LogP contribution in [0.4, 0.5) is 0 Å². The van der Waals surface area contributed by atoms with Crippen molar-refractivity contribution in [2.24, 2.45) is 5.92 Å². The van der Waals surface area contributed by atoms with E-state index in [9.17, 15) is 19.2 Å². The zero-order chi connectivity index (χ0) is 24.0. The van der Waals surface area contributed by atoms with Crippen LogP contribution in [0.2, 0.25) is 0 Å². The molecule has 0 aromatic carbocycles. The lowest BCUT2D eigenvalue weighted by Crippen LogP contribution is -2.61. The van der Waals surface area contributed by atoms with E-state index < -0.39 is 24.0 Å². The van der Waals surface area contributed by atoms with E-state index in [1.807, 2.05) is 31.4 Å². The smallest absolute Gasteiger partial charge is 0.328 e. The maximum atomic E-state index is 13.3. The van der Waals surface area contributed by atoms with Crippen molar-refractivity contribution in [1.82, 2.24) is 20.9 Å². The number of piperidine rings is 1. The molecule has 0 spiro atoms. The topological polar surface area (TPSA) is 117 Å². The first-order chi connectivity index (χ1) is 15.8. The van der Waals surface area contributed by atoms with E-state index in [2.05, 4.69) is 16.0 Å². The van der Waals surface area contributed by atoms with Crippen LogP contribution >= 0.6 is 11.3 Å². The Hall–Kier alpha value is -2.46. The molecule has 3 amide bonds. The lowest BCUT2D eigenvalue weighted by atomic mass is 9.94. The predicted molar refractivity (Wildman–Crippen MR) is 124 cm³/mol. The lowest BCUT2D eigenvalue weighted by molar-refractivity contribution is -0.149. The highest BCUT2D eigenvalue weighted by atomic mass is 32.1. The molecule has 0 bridgehead atoms. The number of carbonyl (C=O) groups is 4. The summed E-state index contributed by atoms with van der Waals surface area (Å²) < 4.78 is 4.84. The van der Waals surface area contributed by atoms with E-state index in [1.54, 1.807) is 4.90 Å². The minimum Gasteiger partial charge on any atom is -0.467 e. The number of nitrogens with one attached hydrogen (secondary N) is 3. The molecule has 3 heterocycles. The van der Waals surface area contributed by atoms with Gasteiger partial charge < -0.3 is 25.6 Å². The van der Waals surface area contributed by atoms with Gasteiger partial charge in [0.15, 0.2) is 0 Å². The van der Waals surface area contributed by atoms with E-state index in [-0.39, 0.29) is 36.2 Å². The molecule has 9 nitrogen and oxygen atoms in total. The minimum atomic E-state index is -0.808. The molecule has 3 rings (SSSR count). The monoisotopic (exact) mass is 478 g/mol. The fourth-order valence-corrected chi connectivity index (χ4v) is 5.13. The number of nitrogens with zero attached hydrogens (tertiary/aromatic N) is 1. The summed E-state index contributed by atoms with van der Waals surface area (Å²) in [4.78, 5) is 53.7. The Morgan fingerprint density at radius 2 is 2.06 bits per heavy atom. The highest BCUT2D eigenvalue weighted by Gasteiger charge is 2.41. The van der Waals surface area contributed by atoms with Gasteiger partial charge in [-0.2, -0.15) is 0 Å². The van der Waals surface area contributed by atoms with Crippen LogP contribution in [0.25, 0.3) is 0 Å². The van der Waals surface area contributed by atoms with Crippen molar-refractivity contribution in [3.05, 3.63) is 22.4 Å². The molecule has 0 unspecified atom stereocenters. The van der Waals surface area contributed by atoms with Crippen molar-refractivity contribution in [2.45, 2.75) is 70.1 Å². The Kier molecular flexibility index (Phi) is 8.85. The zero-order valence-electron chi connectivity index (χ0n) is 19.5. The fourth-order valence-electron chi connectivity index (χ4n) is 4.43. The van der Waals surface area contributed by atoms with E-state index in [4.69, 9.17) is 4.74 Å². The highest BCUT2D eigenvalue weighted by Crippen LogP contribution is 2.22. The van der Waals surface area contributed by atoms with Gasteiger partial charge in [0.05, 0.1) is 19.6 Å². The number of hydrogen-bond acceptors (Lipinski definition) is 7. The minimum absolute atomic E-state index is 0.102. The van der Waals surface area contributed by atoms with E-state index >= 15 is 0 Å². The van der Waals surface area contributed by atoms with Gasteiger partial charge in [0.25, 0.3) is 0 Å². The summed E-state index contributed by atoms with van der Waals surface area (Å²) in [5, 5.41) is 10.9. The second-order valence-electron chi connectivity index (χ2n) is 8.99. The average Bonchev–Trinajstić information content (AvgIpc) is 3.50. The van der Waals surface area contributed by atoms with Gasteiger partial charge in [0.2, 0.25) is 17.7 Å². The summed E-state index contributed by atoms with van der Waals surface area (Å²) in [5.74, 6) is -1.30. The SMILES string of the molecule is COC(=O)[C@H](NC(=O)[C@@H]1C[C@@H](NC(=O)Cc2cccs2)CCN1C(=O)[C@H]1CCCN1)C(C)C. The first-order valence-corrected chi connectivity index (χ1v) is 12.4. The summed E-state index contributed by atoms with van der Waals surface area (Å²) in [5.41, 5.74) is 0. The third-order valence-electron chi connectivity index (χ3n) is 6.25. The number of ether oxygens (including phenoxy) is 1. The van der Waals surface area contributed by atoms with Crippen LogP contribution in [0.3, 0.4) is 0 Å². The second kappa shape index (κ2) is 11.6. The van der Waals surface area contributed by atoms with Gasteiger partial charge in [-0.25, -0.2) is 4.79 Å². The third kappa shape index (κ3) is 6.54. The molecule has 2 saturated heterocycles. The molecule has 0 aliphatic carbocycles. The van der Waals surface area contributed by atoms with E-state index in [1.165, 1.54) is 18.4 Å². The van der Waals surface area contributed by atoms with Crippen molar-refractivity contribution in [2.75, 3.05) is 20.2 Å². The Balaban J connectivity index is 1.71. The van der Waals surface area contributed by atoms with Crippen molar-refractivity contribution in [1.29, 1.82) is 0 Å². The van der Waals surface area contributed by atoms with Gasteiger partial charge in [-0.05, 0) is 49.6 Å². The molecule has 3 N–H and O–H groups in total. The van der Waals surface area contributed by atoms with E-state index in [0.29, 0.717) is 19.4 Å². The first-order valence-electron chi connectivity index (χ1n) is 11.5. The van der Waals surface area contributed by atoms with Gasteiger partial charge in [-0.3, -0.25) is 14.4 Å². The molecule has 0 radical (unpaired) electrons. The molecular formula is C23H34N4O5S. The Labute approximate surface area is 198 Å². The number of amides is 3. The zero-order valence-corrected chi connectivity index (χ0v) is 20.3. The Morgan fingerprint density at radius 1 is 1.27 bits per heavy atom. The molecule has 2 aliphatic heterocycles. The fraction of sp³-hybridized carbons (Fsp3) is 0.652. The number of esters is 1. The van der Waals surface area contributed by atoms with Gasteiger partial charge in [-0.1, -0.05) is 19.9 Å². The molecule has 2 aliphatic rings. The maximum absolute atomic E-state index is 13.3. The number of carbonyl (C=O) groups excluding carboxylic acids is 4. The largest absolute Gasteiger partial charge is 0.467 e. The molecule has 33 heavy (non-hydrogen) atoms. The Morgan fingerprint density at radius 3 is 2.67 bits per heavy atom. The van der Waals surface area contributed by atoms with Gasteiger partial charge in [-0.15, -0.1) is 11.3 Å². The molecule has 1 aromatic heterocycles. The lowest BCUT2D eigenvalue weighted by Gasteiger charge is -2.40. The van der Waals surface area contributed by atoms with Crippen molar-refractivity contribution < 1.29 is 23.9 Å². The van der Waals surface area contributed by atoms with Crippen LogP contribution in [0, 0.1) is 5.92 Å². The standard InChI is InChI=1S/C23H34N4O5S/c1-14(2)20(23(31)32-3)26-21(29)18-12-15(25-19(28)13-16-6-5-11-33-16)8-10-27(18)22(30)17-7-4-9-24-17/h5-6,11,14-15,17-18,20,24H,4,7-10,12-13H2,1-3H3,(H,25,28)(H,26,29)/t15-,17+,18-,20+/m0/s1. The number of methoxy groups -OCH3 is 1. The molecule has 10 heteroatoms. The van der Waals surface area contributed by atoms with Gasteiger partial charge in [0, 0.05) is 17.5 Å². The summed E-state index contributed by atoms with van der Waals surface area (Å²) in [6, 6.07) is 1.71. The van der Waals surface area contributed by atoms with Crippen LogP contribution in [-0.2, 0) is 30.3 Å². The maximum Gasteiger partial charge on any atom is 0.328 e. The van der Waals surface area contributed by atoms with Crippen LogP contribution in [-0.4, -0.2) is 73.0 Å². The quantitative estimate of drug-likeness (QED) is 0.477. The summed E-state index contributed by atoms with van der Waals surface area (Å²) in [7, 11) is 1.28. The van der Waals surface area contributed by atoms with Crippen LogP contribution in [0.15, 0.2) is 17.5 Å².